The predicted octanol–water partition coefficient (Wildman–Crippen LogP) is 4.62. The molecule has 0 unspecified atom stereocenters. The van der Waals surface area contributed by atoms with Gasteiger partial charge in [-0.25, -0.2) is 12.8 Å². The lowest BCUT2D eigenvalue weighted by Crippen LogP contribution is -2.39. The highest BCUT2D eigenvalue weighted by molar-refractivity contribution is 7.97. The largest absolute Gasteiger partial charge is 0.358 e. The van der Waals surface area contributed by atoms with Crippen molar-refractivity contribution in [1.29, 1.82) is 0 Å². The van der Waals surface area contributed by atoms with E-state index in [0.717, 1.165) is 17.3 Å². The molecule has 3 aromatic carbocycles. The quantitative estimate of drug-likeness (QED) is 0.623. The number of ketones is 1. The van der Waals surface area contributed by atoms with Crippen molar-refractivity contribution in [3.05, 3.63) is 106 Å². The van der Waals surface area contributed by atoms with E-state index in [0.29, 0.717) is 5.69 Å². The maximum absolute atomic E-state index is 13.9. The van der Waals surface area contributed by atoms with Gasteiger partial charge in [0, 0.05) is 11.8 Å². The summed E-state index contributed by atoms with van der Waals surface area (Å²) < 4.78 is 41.9. The van der Waals surface area contributed by atoms with Crippen molar-refractivity contribution in [1.82, 2.24) is 0 Å². The zero-order chi connectivity index (χ0) is 21.3. The van der Waals surface area contributed by atoms with Crippen LogP contribution >= 0.6 is 0 Å². The van der Waals surface area contributed by atoms with E-state index in [1.54, 1.807) is 30.3 Å². The van der Waals surface area contributed by atoms with Crippen LogP contribution in [0.25, 0.3) is 0 Å². The third kappa shape index (κ3) is 3.59. The molecule has 1 N–H and O–H groups in total. The van der Waals surface area contributed by atoms with Crippen molar-refractivity contribution in [2.45, 2.75) is 13.5 Å². The molecule has 3 aromatic rings. The van der Waals surface area contributed by atoms with Crippen molar-refractivity contribution in [2.24, 2.45) is 0 Å². The smallest absolute Gasteiger partial charge is 0.270 e. The molecule has 1 aliphatic rings. The standard InChI is InChI=1S/C23H19FN2O3S/c1-16-10-12-17(13-11-16)15-26-21-9-5-2-6-18(21)23(27)22(30(26,28)29)14-25-20-8-4-3-7-19(20)24/h2-14,25H,15H2,1H3. The number of allylic oxidation sites excluding steroid dienone is 1. The molecule has 0 aromatic heterocycles. The third-order valence-electron chi connectivity index (χ3n) is 4.89. The summed E-state index contributed by atoms with van der Waals surface area (Å²) in [6.07, 6.45) is 1.06. The van der Waals surface area contributed by atoms with Crippen LogP contribution in [0.3, 0.4) is 0 Å². The maximum atomic E-state index is 13.9. The van der Waals surface area contributed by atoms with Gasteiger partial charge >= 0.3 is 0 Å². The molecule has 4 rings (SSSR count). The molecule has 7 heteroatoms. The topological polar surface area (TPSA) is 66.5 Å². The SMILES string of the molecule is Cc1ccc(CN2c3ccccc3C(=O)C(=CNc3ccccc3F)S2(=O)=O)cc1. The summed E-state index contributed by atoms with van der Waals surface area (Å²) in [4.78, 5) is 12.5. The molecule has 0 radical (unpaired) electrons. The van der Waals surface area contributed by atoms with Gasteiger partial charge in [-0.15, -0.1) is 0 Å². The van der Waals surface area contributed by atoms with E-state index < -0.39 is 26.5 Å². The Morgan fingerprint density at radius 2 is 1.63 bits per heavy atom. The highest BCUT2D eigenvalue weighted by Gasteiger charge is 2.40. The van der Waals surface area contributed by atoms with Crippen LogP contribution in [0.4, 0.5) is 15.8 Å². The summed E-state index contributed by atoms with van der Waals surface area (Å²) in [5, 5.41) is 2.63. The van der Waals surface area contributed by atoms with Crippen LogP contribution in [0.15, 0.2) is 83.9 Å². The van der Waals surface area contributed by atoms with Crippen LogP contribution in [0.2, 0.25) is 0 Å². The zero-order valence-electron chi connectivity index (χ0n) is 16.2. The van der Waals surface area contributed by atoms with E-state index >= 15 is 0 Å². The maximum Gasteiger partial charge on any atom is 0.270 e. The van der Waals surface area contributed by atoms with Crippen molar-refractivity contribution >= 4 is 27.2 Å². The molecule has 0 saturated heterocycles. The molecule has 0 bridgehead atoms. The number of benzene rings is 3. The van der Waals surface area contributed by atoms with E-state index in [-0.39, 0.29) is 17.8 Å². The number of carbonyl (C=O) groups is 1. The van der Waals surface area contributed by atoms with E-state index in [4.69, 9.17) is 0 Å². The van der Waals surface area contributed by atoms with Gasteiger partial charge in [0.15, 0.2) is 4.91 Å². The Hall–Kier alpha value is -3.45. The van der Waals surface area contributed by atoms with Crippen molar-refractivity contribution in [3.63, 3.8) is 0 Å². The summed E-state index contributed by atoms with van der Waals surface area (Å²) in [6.45, 7) is 2.02. The number of nitrogens with one attached hydrogen (secondary N) is 1. The second-order valence-corrected chi connectivity index (χ2v) is 8.81. The van der Waals surface area contributed by atoms with Gasteiger partial charge in [-0.1, -0.05) is 54.1 Å². The Bertz CT molecular complexity index is 1250. The summed E-state index contributed by atoms with van der Waals surface area (Å²) in [6, 6.07) is 19.9. The van der Waals surface area contributed by atoms with E-state index in [9.17, 15) is 17.6 Å². The number of sulfonamides is 1. The van der Waals surface area contributed by atoms with Gasteiger partial charge < -0.3 is 5.32 Å². The summed E-state index contributed by atoms with van der Waals surface area (Å²) in [5.74, 6) is -1.18. The monoisotopic (exact) mass is 422 g/mol. The van der Waals surface area contributed by atoms with Gasteiger partial charge in [0.2, 0.25) is 5.78 Å². The Morgan fingerprint density at radius 3 is 2.37 bits per heavy atom. The van der Waals surface area contributed by atoms with Crippen molar-refractivity contribution < 1.29 is 17.6 Å². The summed E-state index contributed by atoms with van der Waals surface area (Å²) in [7, 11) is -4.16. The van der Waals surface area contributed by atoms with Crippen molar-refractivity contribution in [3.8, 4) is 0 Å². The first-order valence-electron chi connectivity index (χ1n) is 9.31. The number of aryl methyl sites for hydroxylation is 1. The first kappa shape index (κ1) is 19.8. The van der Waals surface area contributed by atoms with E-state index in [1.165, 1.54) is 22.5 Å². The van der Waals surface area contributed by atoms with Crippen LogP contribution in [0.5, 0.6) is 0 Å². The predicted molar refractivity (Wildman–Crippen MR) is 115 cm³/mol. The molecular formula is C23H19FN2O3S. The number of rotatable bonds is 4. The second-order valence-electron chi connectivity index (χ2n) is 6.98. The molecule has 1 heterocycles. The zero-order valence-corrected chi connectivity index (χ0v) is 17.0. The number of hydrogen-bond donors (Lipinski definition) is 1. The highest BCUT2D eigenvalue weighted by Crippen LogP contribution is 2.36. The highest BCUT2D eigenvalue weighted by atomic mass is 32.2. The molecular weight excluding hydrogens is 403 g/mol. The molecule has 0 atom stereocenters. The lowest BCUT2D eigenvalue weighted by Gasteiger charge is -2.31. The van der Waals surface area contributed by atoms with Crippen LogP contribution in [0, 0.1) is 12.7 Å². The lowest BCUT2D eigenvalue weighted by atomic mass is 10.1. The Balaban J connectivity index is 1.79. The molecule has 1 aliphatic heterocycles. The van der Waals surface area contributed by atoms with Crippen LogP contribution < -0.4 is 9.62 Å². The molecule has 0 amide bonds. The van der Waals surface area contributed by atoms with E-state index in [1.807, 2.05) is 31.2 Å². The minimum atomic E-state index is -4.16. The number of hydrogen-bond acceptors (Lipinski definition) is 4. The lowest BCUT2D eigenvalue weighted by molar-refractivity contribution is 0.104. The first-order chi connectivity index (χ1) is 14.4. The number of anilines is 2. The molecule has 0 saturated carbocycles. The summed E-state index contributed by atoms with van der Waals surface area (Å²) in [5.41, 5.74) is 2.53. The minimum Gasteiger partial charge on any atom is -0.358 e. The normalized spacial score (nSPS) is 16.4. The van der Waals surface area contributed by atoms with Gasteiger partial charge in [-0.3, -0.25) is 9.10 Å². The number of Topliss-reactive ketones (excluding diaryl/α,β-unsaturated/α-hetero) is 1. The molecule has 0 aliphatic carbocycles. The molecule has 0 spiro atoms. The number of para-hydroxylation sites is 2. The first-order valence-corrected chi connectivity index (χ1v) is 10.8. The minimum absolute atomic E-state index is 0.0734. The van der Waals surface area contributed by atoms with Crippen LogP contribution in [-0.2, 0) is 16.6 Å². The van der Waals surface area contributed by atoms with Gasteiger partial charge in [0.1, 0.15) is 5.82 Å². The van der Waals surface area contributed by atoms with Gasteiger partial charge in [-0.2, -0.15) is 0 Å². The Morgan fingerprint density at radius 1 is 0.967 bits per heavy atom. The fourth-order valence-electron chi connectivity index (χ4n) is 3.27. The Kier molecular flexibility index (Phi) is 5.13. The van der Waals surface area contributed by atoms with Gasteiger partial charge in [0.05, 0.1) is 17.9 Å². The molecule has 0 fully saturated rings. The third-order valence-corrected chi connectivity index (χ3v) is 6.65. The molecule has 152 valence electrons. The Labute approximate surface area is 174 Å². The molecule has 30 heavy (non-hydrogen) atoms. The number of carbonyl (C=O) groups excluding carboxylic acids is 1. The summed E-state index contributed by atoms with van der Waals surface area (Å²) >= 11 is 0. The number of fused-ring (bicyclic) bond motifs is 1. The second kappa shape index (κ2) is 7.76. The number of halogens is 1. The van der Waals surface area contributed by atoms with Crippen molar-refractivity contribution in [2.75, 3.05) is 9.62 Å². The fourth-order valence-corrected chi connectivity index (χ4v) is 4.80. The fraction of sp³-hybridized carbons (Fsp3) is 0.0870. The average molecular weight is 422 g/mol. The van der Waals surface area contributed by atoms with Crippen LogP contribution in [-0.4, -0.2) is 14.2 Å². The van der Waals surface area contributed by atoms with E-state index in [2.05, 4.69) is 5.32 Å². The van der Waals surface area contributed by atoms with Gasteiger partial charge in [0.25, 0.3) is 10.0 Å². The average Bonchev–Trinajstić information content (AvgIpc) is 2.73. The molecule has 5 nitrogen and oxygen atoms in total. The number of nitrogens with zero attached hydrogens (tertiary/aromatic N) is 1. The van der Waals surface area contributed by atoms with Gasteiger partial charge in [-0.05, 0) is 36.8 Å². The van der Waals surface area contributed by atoms with Crippen LogP contribution in [0.1, 0.15) is 21.5 Å².